The first-order chi connectivity index (χ1) is 14.2. The quantitative estimate of drug-likeness (QED) is 0.403. The Kier molecular flexibility index (Phi) is 5.56. The fourth-order valence-electron chi connectivity index (χ4n) is 3.22. The number of anilines is 3. The zero-order valence-electron chi connectivity index (χ0n) is 16.4. The molecule has 0 bridgehead atoms. The molecule has 0 aliphatic carbocycles. The lowest BCUT2D eigenvalue weighted by molar-refractivity contribution is 0.470. The van der Waals surface area contributed by atoms with Crippen LogP contribution in [0.15, 0.2) is 73.1 Å². The maximum atomic E-state index is 6.31. The molecule has 3 N–H and O–H groups in total. The van der Waals surface area contributed by atoms with Crippen LogP contribution in [0, 0.1) is 0 Å². The van der Waals surface area contributed by atoms with Gasteiger partial charge in [0.1, 0.15) is 17.8 Å². The highest BCUT2D eigenvalue weighted by molar-refractivity contribution is 5.88. The van der Waals surface area contributed by atoms with Gasteiger partial charge in [0, 0.05) is 11.1 Å². The van der Waals surface area contributed by atoms with Crippen LogP contribution >= 0.6 is 0 Å². The van der Waals surface area contributed by atoms with Gasteiger partial charge in [0.15, 0.2) is 5.82 Å². The predicted octanol–water partition coefficient (Wildman–Crippen LogP) is 6.09. The number of unbranched alkanes of at least 4 members (excludes halogenated alkanes) is 1. The maximum absolute atomic E-state index is 6.31. The Morgan fingerprint density at radius 1 is 0.931 bits per heavy atom. The summed E-state index contributed by atoms with van der Waals surface area (Å²) in [5.74, 6) is 1.56. The molecule has 0 aliphatic heterocycles. The Bertz CT molecular complexity index is 1100. The summed E-state index contributed by atoms with van der Waals surface area (Å²) < 4.78 is 6.05. The summed E-state index contributed by atoms with van der Waals surface area (Å²) in [6.07, 6.45) is 4.93. The minimum absolute atomic E-state index is 0.332. The second-order valence-electron chi connectivity index (χ2n) is 6.95. The van der Waals surface area contributed by atoms with Gasteiger partial charge in [-0.2, -0.15) is 4.98 Å². The van der Waals surface area contributed by atoms with Gasteiger partial charge in [-0.05, 0) is 42.0 Å². The molecular formula is C24H24N4O. The second-order valence-corrected chi connectivity index (χ2v) is 6.95. The van der Waals surface area contributed by atoms with Gasteiger partial charge in [0.2, 0.25) is 5.88 Å². The lowest BCUT2D eigenvalue weighted by Crippen LogP contribution is -2.03. The van der Waals surface area contributed by atoms with Gasteiger partial charge >= 0.3 is 0 Å². The summed E-state index contributed by atoms with van der Waals surface area (Å²) in [5.41, 5.74) is 8.93. The molecule has 0 unspecified atom stereocenters. The van der Waals surface area contributed by atoms with Crippen molar-refractivity contribution in [3.05, 3.63) is 78.6 Å². The third-order valence-electron chi connectivity index (χ3n) is 4.84. The van der Waals surface area contributed by atoms with Crippen molar-refractivity contribution >= 4 is 28.0 Å². The number of hydrogen-bond acceptors (Lipinski definition) is 5. The standard InChI is InChI=1S/C24H24N4O/c1-2-3-7-17-12-14-19(15-13-17)28-23-22(25)24(27-16-26-23)29-21-11-6-9-18-8-4-5-10-20(18)21/h4-6,8-16H,2-3,7,25H2,1H3,(H,26,27,28). The summed E-state index contributed by atoms with van der Waals surface area (Å²) in [7, 11) is 0. The molecule has 5 heteroatoms. The largest absolute Gasteiger partial charge is 0.436 e. The summed E-state index contributed by atoms with van der Waals surface area (Å²) in [4.78, 5) is 8.52. The van der Waals surface area contributed by atoms with E-state index in [-0.39, 0.29) is 0 Å². The van der Waals surface area contributed by atoms with Gasteiger partial charge in [-0.3, -0.25) is 0 Å². The first-order valence-corrected chi connectivity index (χ1v) is 9.86. The molecular weight excluding hydrogens is 360 g/mol. The monoisotopic (exact) mass is 384 g/mol. The Morgan fingerprint density at radius 3 is 2.55 bits per heavy atom. The van der Waals surface area contributed by atoms with Crippen molar-refractivity contribution in [1.29, 1.82) is 0 Å². The van der Waals surface area contributed by atoms with Crippen LogP contribution in [0.3, 0.4) is 0 Å². The number of ether oxygens (including phenoxy) is 1. The van der Waals surface area contributed by atoms with E-state index in [9.17, 15) is 0 Å². The molecule has 146 valence electrons. The van der Waals surface area contributed by atoms with Crippen LogP contribution in [0.2, 0.25) is 0 Å². The molecule has 4 aromatic rings. The van der Waals surface area contributed by atoms with E-state index in [1.54, 1.807) is 0 Å². The van der Waals surface area contributed by atoms with Gasteiger partial charge in [-0.1, -0.05) is 61.9 Å². The van der Waals surface area contributed by atoms with E-state index < -0.39 is 0 Å². The van der Waals surface area contributed by atoms with Crippen molar-refractivity contribution in [3.8, 4) is 11.6 Å². The van der Waals surface area contributed by atoms with Crippen molar-refractivity contribution < 1.29 is 4.74 Å². The van der Waals surface area contributed by atoms with E-state index in [1.165, 1.54) is 24.7 Å². The molecule has 3 aromatic carbocycles. The van der Waals surface area contributed by atoms with Gasteiger partial charge in [0.25, 0.3) is 0 Å². The first-order valence-electron chi connectivity index (χ1n) is 9.86. The van der Waals surface area contributed by atoms with E-state index in [2.05, 4.69) is 34.3 Å². The fraction of sp³-hybridized carbons (Fsp3) is 0.167. The van der Waals surface area contributed by atoms with Crippen molar-refractivity contribution in [2.75, 3.05) is 11.1 Å². The summed E-state index contributed by atoms with van der Waals surface area (Å²) in [6, 6.07) is 22.3. The SMILES string of the molecule is CCCCc1ccc(Nc2ncnc(Oc3cccc4ccccc34)c2N)cc1. The summed E-state index contributed by atoms with van der Waals surface area (Å²) >= 11 is 0. The van der Waals surface area contributed by atoms with Crippen molar-refractivity contribution in [2.45, 2.75) is 26.2 Å². The van der Waals surface area contributed by atoms with Gasteiger partial charge in [0.05, 0.1) is 0 Å². The topological polar surface area (TPSA) is 73.1 Å². The number of nitrogens with zero attached hydrogens (tertiary/aromatic N) is 2. The molecule has 0 atom stereocenters. The Labute approximate surface area is 170 Å². The van der Waals surface area contributed by atoms with Crippen LogP contribution in [-0.4, -0.2) is 9.97 Å². The molecule has 0 saturated carbocycles. The Balaban J connectivity index is 1.56. The van der Waals surface area contributed by atoms with Crippen molar-refractivity contribution in [1.82, 2.24) is 9.97 Å². The minimum Gasteiger partial charge on any atom is -0.436 e. The molecule has 0 aliphatic rings. The van der Waals surface area contributed by atoms with E-state index in [4.69, 9.17) is 10.5 Å². The van der Waals surface area contributed by atoms with E-state index in [1.807, 2.05) is 54.6 Å². The number of rotatable bonds is 7. The molecule has 5 nitrogen and oxygen atoms in total. The maximum Gasteiger partial charge on any atom is 0.248 e. The van der Waals surface area contributed by atoms with Crippen LogP contribution in [0.5, 0.6) is 11.6 Å². The van der Waals surface area contributed by atoms with Gasteiger partial charge in [-0.25, -0.2) is 4.98 Å². The minimum atomic E-state index is 0.332. The summed E-state index contributed by atoms with van der Waals surface area (Å²) in [6.45, 7) is 2.20. The Morgan fingerprint density at radius 2 is 1.72 bits per heavy atom. The number of nitrogen functional groups attached to an aromatic ring is 1. The smallest absolute Gasteiger partial charge is 0.248 e. The molecule has 0 fully saturated rings. The van der Waals surface area contributed by atoms with Gasteiger partial charge < -0.3 is 15.8 Å². The average Bonchev–Trinajstić information content (AvgIpc) is 2.76. The Hall–Kier alpha value is -3.60. The average molecular weight is 384 g/mol. The van der Waals surface area contributed by atoms with Crippen LogP contribution in [0.25, 0.3) is 10.8 Å². The molecule has 29 heavy (non-hydrogen) atoms. The van der Waals surface area contributed by atoms with Crippen molar-refractivity contribution in [2.24, 2.45) is 0 Å². The van der Waals surface area contributed by atoms with Crippen LogP contribution in [-0.2, 0) is 6.42 Å². The van der Waals surface area contributed by atoms with E-state index in [0.717, 1.165) is 22.9 Å². The highest BCUT2D eigenvalue weighted by atomic mass is 16.5. The highest BCUT2D eigenvalue weighted by Gasteiger charge is 2.12. The molecule has 0 amide bonds. The van der Waals surface area contributed by atoms with Gasteiger partial charge in [-0.15, -0.1) is 0 Å². The zero-order chi connectivity index (χ0) is 20.1. The third kappa shape index (κ3) is 4.29. The number of hydrogen-bond donors (Lipinski definition) is 2. The van der Waals surface area contributed by atoms with E-state index in [0.29, 0.717) is 23.1 Å². The number of fused-ring (bicyclic) bond motifs is 1. The number of aromatic nitrogens is 2. The lowest BCUT2D eigenvalue weighted by Gasteiger charge is -2.13. The van der Waals surface area contributed by atoms with E-state index >= 15 is 0 Å². The van der Waals surface area contributed by atoms with Crippen molar-refractivity contribution in [3.63, 3.8) is 0 Å². The fourth-order valence-corrected chi connectivity index (χ4v) is 3.22. The number of benzene rings is 3. The number of nitrogens with two attached hydrogens (primary N) is 1. The predicted molar refractivity (Wildman–Crippen MR) is 119 cm³/mol. The van der Waals surface area contributed by atoms with Crippen LogP contribution in [0.1, 0.15) is 25.3 Å². The lowest BCUT2D eigenvalue weighted by atomic mass is 10.1. The number of aryl methyl sites for hydroxylation is 1. The normalized spacial score (nSPS) is 10.8. The van der Waals surface area contributed by atoms with Crippen LogP contribution in [0.4, 0.5) is 17.2 Å². The molecule has 0 spiro atoms. The molecule has 0 saturated heterocycles. The second kappa shape index (κ2) is 8.61. The zero-order valence-corrected chi connectivity index (χ0v) is 16.4. The van der Waals surface area contributed by atoms with Crippen LogP contribution < -0.4 is 15.8 Å². The highest BCUT2D eigenvalue weighted by Crippen LogP contribution is 2.34. The number of nitrogens with one attached hydrogen (secondary N) is 1. The first kappa shape index (κ1) is 18.7. The molecule has 4 rings (SSSR count). The molecule has 0 radical (unpaired) electrons. The third-order valence-corrected chi connectivity index (χ3v) is 4.84. The molecule has 1 heterocycles. The molecule has 1 aromatic heterocycles. The summed E-state index contributed by atoms with van der Waals surface area (Å²) in [5, 5.41) is 5.36.